The van der Waals surface area contributed by atoms with Crippen molar-refractivity contribution in [2.24, 2.45) is 11.5 Å². The number of hydrogen-bond acceptors (Lipinski definition) is 4. The van der Waals surface area contributed by atoms with Crippen LogP contribution in [0.5, 0.6) is 0 Å². The number of hydrogen-bond donors (Lipinski definition) is 3. The average Bonchev–Trinajstić information content (AvgIpc) is 2.02. The van der Waals surface area contributed by atoms with E-state index in [4.69, 9.17) is 16.6 Å². The molecule has 5 N–H and O–H groups in total. The normalized spacial score (nSPS) is 11.2. The molecule has 0 aromatic heterocycles. The van der Waals surface area contributed by atoms with Crippen LogP contribution in [0.25, 0.3) is 0 Å². The van der Waals surface area contributed by atoms with Gasteiger partial charge in [-0.3, -0.25) is 9.69 Å². The SMILES string of the molecule is CCCCCN(CC(=O)O)CC(N)N. The number of nitrogens with zero attached hydrogens (tertiary/aromatic N) is 1. The summed E-state index contributed by atoms with van der Waals surface area (Å²) in [5.74, 6) is -0.831. The van der Waals surface area contributed by atoms with Crippen molar-refractivity contribution < 1.29 is 9.90 Å². The summed E-state index contributed by atoms with van der Waals surface area (Å²) >= 11 is 0. The lowest BCUT2D eigenvalue weighted by Gasteiger charge is -2.21. The van der Waals surface area contributed by atoms with E-state index in [2.05, 4.69) is 6.92 Å². The van der Waals surface area contributed by atoms with Crippen molar-refractivity contribution in [3.05, 3.63) is 0 Å². The number of carboxylic acids is 1. The number of carboxylic acid groups (broad SMARTS) is 1. The van der Waals surface area contributed by atoms with Gasteiger partial charge in [-0.25, -0.2) is 0 Å². The number of aliphatic carboxylic acids is 1. The Morgan fingerprint density at radius 3 is 2.50 bits per heavy atom. The van der Waals surface area contributed by atoms with Gasteiger partial charge in [-0.1, -0.05) is 19.8 Å². The third-order valence-electron chi connectivity index (χ3n) is 1.91. The molecule has 0 amide bonds. The van der Waals surface area contributed by atoms with Crippen LogP contribution in [0.4, 0.5) is 0 Å². The van der Waals surface area contributed by atoms with E-state index in [-0.39, 0.29) is 6.54 Å². The maximum atomic E-state index is 10.5. The van der Waals surface area contributed by atoms with E-state index in [1.165, 1.54) is 0 Å². The molecule has 0 fully saturated rings. The van der Waals surface area contributed by atoms with Crippen LogP contribution in [0, 0.1) is 0 Å². The Morgan fingerprint density at radius 2 is 2.07 bits per heavy atom. The predicted octanol–water partition coefficient (Wildman–Crippen LogP) is -0.193. The molecule has 0 saturated carbocycles. The Labute approximate surface area is 85.1 Å². The van der Waals surface area contributed by atoms with Crippen molar-refractivity contribution in [3.63, 3.8) is 0 Å². The molecule has 5 nitrogen and oxygen atoms in total. The quantitative estimate of drug-likeness (QED) is 0.375. The standard InChI is InChI=1S/C9H21N3O2/c1-2-3-4-5-12(6-8(10)11)7-9(13)14/h8H,2-7,10-11H2,1H3,(H,13,14). The maximum absolute atomic E-state index is 10.5. The van der Waals surface area contributed by atoms with E-state index >= 15 is 0 Å². The van der Waals surface area contributed by atoms with Gasteiger partial charge in [0.1, 0.15) is 0 Å². The second-order valence-corrected chi connectivity index (χ2v) is 3.50. The van der Waals surface area contributed by atoms with E-state index in [1.54, 1.807) is 4.90 Å². The van der Waals surface area contributed by atoms with Crippen LogP contribution in [-0.2, 0) is 4.79 Å². The van der Waals surface area contributed by atoms with Crippen LogP contribution in [0.3, 0.4) is 0 Å². The molecule has 0 heterocycles. The summed E-state index contributed by atoms with van der Waals surface area (Å²) in [6.45, 7) is 3.33. The Hall–Kier alpha value is -0.650. The molecule has 5 heteroatoms. The van der Waals surface area contributed by atoms with Gasteiger partial charge in [-0.2, -0.15) is 0 Å². The molecule has 0 aliphatic carbocycles. The zero-order valence-corrected chi connectivity index (χ0v) is 8.78. The second kappa shape index (κ2) is 7.73. The highest BCUT2D eigenvalue weighted by Gasteiger charge is 2.10. The monoisotopic (exact) mass is 203 g/mol. The molecule has 0 aliphatic rings. The summed E-state index contributed by atoms with van der Waals surface area (Å²) in [6, 6.07) is 0. The summed E-state index contributed by atoms with van der Waals surface area (Å²) in [5, 5.41) is 8.63. The third-order valence-corrected chi connectivity index (χ3v) is 1.91. The maximum Gasteiger partial charge on any atom is 0.317 e. The summed E-state index contributed by atoms with van der Waals surface area (Å²) < 4.78 is 0. The highest BCUT2D eigenvalue weighted by Crippen LogP contribution is 1.98. The minimum Gasteiger partial charge on any atom is -0.480 e. The lowest BCUT2D eigenvalue weighted by Crippen LogP contribution is -2.45. The van der Waals surface area contributed by atoms with Crippen LogP contribution in [0.15, 0.2) is 0 Å². The molecule has 0 aromatic rings. The van der Waals surface area contributed by atoms with Crippen molar-refractivity contribution in [1.82, 2.24) is 4.90 Å². The first-order valence-corrected chi connectivity index (χ1v) is 5.01. The summed E-state index contributed by atoms with van der Waals surface area (Å²) in [4.78, 5) is 12.3. The van der Waals surface area contributed by atoms with E-state index in [9.17, 15) is 4.79 Å². The molecule has 0 bridgehead atoms. The first-order valence-electron chi connectivity index (χ1n) is 5.01. The van der Waals surface area contributed by atoms with Crippen LogP contribution >= 0.6 is 0 Å². The van der Waals surface area contributed by atoms with Gasteiger partial charge in [0.05, 0.1) is 12.7 Å². The molecule has 0 rings (SSSR count). The van der Waals surface area contributed by atoms with Gasteiger partial charge in [-0.15, -0.1) is 0 Å². The van der Waals surface area contributed by atoms with Gasteiger partial charge in [0, 0.05) is 6.54 Å². The highest BCUT2D eigenvalue weighted by atomic mass is 16.4. The van der Waals surface area contributed by atoms with Crippen LogP contribution in [0.1, 0.15) is 26.2 Å². The predicted molar refractivity (Wildman–Crippen MR) is 55.8 cm³/mol. The molecule has 0 spiro atoms. The minimum atomic E-state index is -0.831. The van der Waals surface area contributed by atoms with Gasteiger partial charge in [0.2, 0.25) is 0 Å². The van der Waals surface area contributed by atoms with Crippen molar-refractivity contribution in [2.75, 3.05) is 19.6 Å². The molecule has 84 valence electrons. The van der Waals surface area contributed by atoms with E-state index in [0.717, 1.165) is 25.8 Å². The third kappa shape index (κ3) is 7.97. The molecule has 14 heavy (non-hydrogen) atoms. The number of unbranched alkanes of at least 4 members (excludes halogenated alkanes) is 2. The van der Waals surface area contributed by atoms with Crippen LogP contribution in [-0.4, -0.2) is 41.8 Å². The van der Waals surface area contributed by atoms with Crippen molar-refractivity contribution in [2.45, 2.75) is 32.4 Å². The molecule has 0 radical (unpaired) electrons. The fourth-order valence-corrected chi connectivity index (χ4v) is 1.31. The summed E-state index contributed by atoms with van der Waals surface area (Å²) in [5.41, 5.74) is 10.8. The van der Waals surface area contributed by atoms with Gasteiger partial charge in [0.25, 0.3) is 0 Å². The first-order chi connectivity index (χ1) is 6.56. The Morgan fingerprint density at radius 1 is 1.43 bits per heavy atom. The topological polar surface area (TPSA) is 92.6 Å². The van der Waals surface area contributed by atoms with Crippen molar-refractivity contribution >= 4 is 5.97 Å². The fourth-order valence-electron chi connectivity index (χ4n) is 1.31. The molecule has 0 aromatic carbocycles. The second-order valence-electron chi connectivity index (χ2n) is 3.50. The Kier molecular flexibility index (Phi) is 7.37. The smallest absolute Gasteiger partial charge is 0.317 e. The Balaban J connectivity index is 3.78. The molecule has 0 aliphatic heterocycles. The molecule has 0 atom stereocenters. The zero-order chi connectivity index (χ0) is 11.0. The van der Waals surface area contributed by atoms with Gasteiger partial charge in [-0.05, 0) is 13.0 Å². The minimum absolute atomic E-state index is 0.0224. The average molecular weight is 203 g/mol. The van der Waals surface area contributed by atoms with E-state index in [0.29, 0.717) is 6.54 Å². The molecular formula is C9H21N3O2. The largest absolute Gasteiger partial charge is 0.480 e. The first kappa shape index (κ1) is 13.4. The number of carbonyl (C=O) groups is 1. The lowest BCUT2D eigenvalue weighted by molar-refractivity contribution is -0.138. The summed E-state index contributed by atoms with van der Waals surface area (Å²) in [7, 11) is 0. The van der Waals surface area contributed by atoms with Gasteiger partial charge in [0.15, 0.2) is 0 Å². The van der Waals surface area contributed by atoms with Gasteiger partial charge < -0.3 is 16.6 Å². The number of nitrogens with two attached hydrogens (primary N) is 2. The Bertz CT molecular complexity index is 162. The zero-order valence-electron chi connectivity index (χ0n) is 8.78. The molecular weight excluding hydrogens is 182 g/mol. The van der Waals surface area contributed by atoms with E-state index in [1.807, 2.05) is 0 Å². The fraction of sp³-hybridized carbons (Fsp3) is 0.889. The van der Waals surface area contributed by atoms with E-state index < -0.39 is 12.1 Å². The highest BCUT2D eigenvalue weighted by molar-refractivity contribution is 5.69. The van der Waals surface area contributed by atoms with Crippen molar-refractivity contribution in [3.8, 4) is 0 Å². The van der Waals surface area contributed by atoms with Crippen LogP contribution < -0.4 is 11.5 Å². The van der Waals surface area contributed by atoms with Crippen LogP contribution in [0.2, 0.25) is 0 Å². The lowest BCUT2D eigenvalue weighted by atomic mass is 10.2. The molecule has 0 unspecified atom stereocenters. The molecule has 0 saturated heterocycles. The van der Waals surface area contributed by atoms with Crippen molar-refractivity contribution in [1.29, 1.82) is 0 Å². The van der Waals surface area contributed by atoms with Gasteiger partial charge >= 0.3 is 5.97 Å². The summed E-state index contributed by atoms with van der Waals surface area (Å²) in [6.07, 6.45) is 2.76. The number of rotatable bonds is 8.